The summed E-state index contributed by atoms with van der Waals surface area (Å²) in [6.45, 7) is 2.38. The summed E-state index contributed by atoms with van der Waals surface area (Å²) < 4.78 is 11.3. The zero-order valence-electron chi connectivity index (χ0n) is 12.0. The first-order valence-electron chi connectivity index (χ1n) is 7.55. The molecule has 5 atom stereocenters. The number of esters is 1. The summed E-state index contributed by atoms with van der Waals surface area (Å²) >= 11 is 0. The summed E-state index contributed by atoms with van der Waals surface area (Å²) in [7, 11) is 0. The number of rotatable bonds is 3. The molecule has 3 aliphatic rings. The molecule has 1 aromatic carbocycles. The maximum absolute atomic E-state index is 12.1. The predicted molar refractivity (Wildman–Crippen MR) is 74.7 cm³/mol. The molecule has 0 N–H and O–H groups in total. The zero-order chi connectivity index (χ0) is 14.6. The SMILES string of the molecule is C[C@H](OC(=O)c1ccccc1)[C@@H]1OC[C@@]23C(=O)CC[C@@H]2[C@@H]13. The number of ketones is 1. The highest BCUT2D eigenvalue weighted by atomic mass is 16.6. The maximum atomic E-state index is 12.1. The van der Waals surface area contributed by atoms with Gasteiger partial charge in [0.15, 0.2) is 0 Å². The molecule has 21 heavy (non-hydrogen) atoms. The van der Waals surface area contributed by atoms with Gasteiger partial charge in [-0.15, -0.1) is 0 Å². The van der Waals surface area contributed by atoms with Crippen molar-refractivity contribution in [1.82, 2.24) is 0 Å². The van der Waals surface area contributed by atoms with Gasteiger partial charge in [-0.25, -0.2) is 4.79 Å². The average Bonchev–Trinajstić information content (AvgIpc) is 2.81. The van der Waals surface area contributed by atoms with Crippen LogP contribution >= 0.6 is 0 Å². The van der Waals surface area contributed by atoms with Crippen LogP contribution in [0.4, 0.5) is 0 Å². The van der Waals surface area contributed by atoms with Crippen molar-refractivity contribution in [3.05, 3.63) is 35.9 Å². The second-order valence-electron chi connectivity index (χ2n) is 6.39. The number of Topliss-reactive ketones (excluding diaryl/α,β-unsaturated/α-hetero) is 1. The van der Waals surface area contributed by atoms with Gasteiger partial charge in [-0.1, -0.05) is 18.2 Å². The fraction of sp³-hybridized carbons (Fsp3) is 0.529. The molecule has 2 aliphatic carbocycles. The number of hydrogen-bond donors (Lipinski definition) is 0. The largest absolute Gasteiger partial charge is 0.456 e. The van der Waals surface area contributed by atoms with Crippen LogP contribution in [0.1, 0.15) is 30.1 Å². The van der Waals surface area contributed by atoms with Crippen LogP contribution < -0.4 is 0 Å². The molecular weight excluding hydrogens is 268 g/mol. The van der Waals surface area contributed by atoms with Gasteiger partial charge in [0.1, 0.15) is 11.9 Å². The van der Waals surface area contributed by atoms with Gasteiger partial charge in [0.25, 0.3) is 0 Å². The molecule has 1 aromatic rings. The molecule has 4 rings (SSSR count). The van der Waals surface area contributed by atoms with E-state index in [0.717, 1.165) is 6.42 Å². The standard InChI is InChI=1S/C17H18O4/c1-10(21-16(19)11-5-3-2-4-6-11)15-14-12-7-8-13(18)17(12,14)9-20-15/h2-6,10,12,14-15H,7-9H2,1H3/t10-,12+,14-,15-,17-/m0/s1. The first-order valence-corrected chi connectivity index (χ1v) is 7.55. The van der Waals surface area contributed by atoms with Crippen LogP contribution in [0.25, 0.3) is 0 Å². The quantitative estimate of drug-likeness (QED) is 0.800. The van der Waals surface area contributed by atoms with Crippen LogP contribution in [-0.4, -0.2) is 30.6 Å². The minimum atomic E-state index is -0.329. The topological polar surface area (TPSA) is 52.6 Å². The normalized spacial score (nSPS) is 37.8. The second-order valence-corrected chi connectivity index (χ2v) is 6.39. The third-order valence-corrected chi connectivity index (χ3v) is 5.42. The van der Waals surface area contributed by atoms with Crippen molar-refractivity contribution in [3.8, 4) is 0 Å². The molecule has 2 saturated carbocycles. The van der Waals surface area contributed by atoms with Crippen LogP contribution in [0, 0.1) is 17.3 Å². The summed E-state index contributed by atoms with van der Waals surface area (Å²) in [5, 5.41) is 0. The minimum Gasteiger partial charge on any atom is -0.456 e. The lowest BCUT2D eigenvalue weighted by Gasteiger charge is -2.22. The van der Waals surface area contributed by atoms with Crippen LogP contribution in [-0.2, 0) is 14.3 Å². The Morgan fingerprint density at radius 1 is 1.38 bits per heavy atom. The third kappa shape index (κ3) is 1.72. The van der Waals surface area contributed by atoms with Gasteiger partial charge in [-0.3, -0.25) is 4.79 Å². The monoisotopic (exact) mass is 286 g/mol. The van der Waals surface area contributed by atoms with Gasteiger partial charge in [0, 0.05) is 12.3 Å². The van der Waals surface area contributed by atoms with E-state index in [0.29, 0.717) is 30.3 Å². The van der Waals surface area contributed by atoms with Crippen LogP contribution in [0.15, 0.2) is 30.3 Å². The molecule has 1 saturated heterocycles. The smallest absolute Gasteiger partial charge is 0.338 e. The Labute approximate surface area is 123 Å². The van der Waals surface area contributed by atoms with E-state index in [9.17, 15) is 9.59 Å². The molecule has 110 valence electrons. The molecule has 0 radical (unpaired) electrons. The van der Waals surface area contributed by atoms with E-state index in [1.54, 1.807) is 12.1 Å². The first kappa shape index (κ1) is 13.0. The maximum Gasteiger partial charge on any atom is 0.338 e. The van der Waals surface area contributed by atoms with Gasteiger partial charge >= 0.3 is 5.97 Å². The third-order valence-electron chi connectivity index (χ3n) is 5.42. The highest BCUT2D eigenvalue weighted by molar-refractivity contribution is 5.92. The lowest BCUT2D eigenvalue weighted by Crippen LogP contribution is -2.31. The van der Waals surface area contributed by atoms with Crippen molar-refractivity contribution < 1.29 is 19.1 Å². The van der Waals surface area contributed by atoms with E-state index in [2.05, 4.69) is 0 Å². The van der Waals surface area contributed by atoms with Crippen molar-refractivity contribution in [3.63, 3.8) is 0 Å². The predicted octanol–water partition coefficient (Wildman–Crippen LogP) is 2.23. The van der Waals surface area contributed by atoms with Crippen LogP contribution in [0.2, 0.25) is 0 Å². The van der Waals surface area contributed by atoms with E-state index in [4.69, 9.17) is 9.47 Å². The number of ether oxygens (including phenoxy) is 2. The number of carbonyl (C=O) groups is 2. The number of benzene rings is 1. The molecule has 0 unspecified atom stereocenters. The van der Waals surface area contributed by atoms with Gasteiger partial charge in [-0.05, 0) is 31.4 Å². The Balaban J connectivity index is 1.44. The molecule has 1 heterocycles. The van der Waals surface area contributed by atoms with Crippen LogP contribution in [0.5, 0.6) is 0 Å². The molecule has 0 amide bonds. The molecule has 4 heteroatoms. The van der Waals surface area contributed by atoms with Crippen molar-refractivity contribution >= 4 is 11.8 Å². The van der Waals surface area contributed by atoms with Crippen LogP contribution in [0.3, 0.4) is 0 Å². The summed E-state index contributed by atoms with van der Waals surface area (Å²) in [4.78, 5) is 24.1. The fourth-order valence-electron chi connectivity index (χ4n) is 4.35. The van der Waals surface area contributed by atoms with Gasteiger partial charge in [0.05, 0.1) is 23.7 Å². The van der Waals surface area contributed by atoms with Crippen molar-refractivity contribution in [1.29, 1.82) is 0 Å². The zero-order valence-corrected chi connectivity index (χ0v) is 12.0. The molecular formula is C17H18O4. The molecule has 3 fully saturated rings. The average molecular weight is 286 g/mol. The first-order chi connectivity index (χ1) is 10.1. The number of hydrogen-bond acceptors (Lipinski definition) is 4. The second kappa shape index (κ2) is 4.41. The van der Waals surface area contributed by atoms with Crippen molar-refractivity contribution in [2.75, 3.05) is 6.61 Å². The molecule has 0 aromatic heterocycles. The summed E-state index contributed by atoms with van der Waals surface area (Å²) in [5.74, 6) is 0.741. The molecule has 1 aliphatic heterocycles. The van der Waals surface area contributed by atoms with E-state index in [1.807, 2.05) is 25.1 Å². The summed E-state index contributed by atoms with van der Waals surface area (Å²) in [5.41, 5.74) is 0.321. The Hall–Kier alpha value is -1.68. The Morgan fingerprint density at radius 2 is 2.14 bits per heavy atom. The fourth-order valence-corrected chi connectivity index (χ4v) is 4.35. The number of fused-ring (bicyclic) bond motifs is 1. The Morgan fingerprint density at radius 3 is 2.86 bits per heavy atom. The van der Waals surface area contributed by atoms with Gasteiger partial charge in [-0.2, -0.15) is 0 Å². The molecule has 0 bridgehead atoms. The minimum absolute atomic E-state index is 0.132. The van der Waals surface area contributed by atoms with Gasteiger partial charge in [0.2, 0.25) is 0 Å². The van der Waals surface area contributed by atoms with Gasteiger partial charge < -0.3 is 9.47 Å². The highest BCUT2D eigenvalue weighted by Gasteiger charge is 2.78. The highest BCUT2D eigenvalue weighted by Crippen LogP contribution is 2.71. The van der Waals surface area contributed by atoms with Crippen molar-refractivity contribution in [2.45, 2.75) is 32.0 Å². The van der Waals surface area contributed by atoms with E-state index < -0.39 is 0 Å². The van der Waals surface area contributed by atoms with E-state index in [1.165, 1.54) is 0 Å². The molecule has 4 nitrogen and oxygen atoms in total. The van der Waals surface area contributed by atoms with Crippen molar-refractivity contribution in [2.24, 2.45) is 17.3 Å². The van der Waals surface area contributed by atoms with E-state index in [-0.39, 0.29) is 29.5 Å². The lowest BCUT2D eigenvalue weighted by molar-refractivity contribution is -0.123. The van der Waals surface area contributed by atoms with E-state index >= 15 is 0 Å². The summed E-state index contributed by atoms with van der Waals surface area (Å²) in [6, 6.07) is 8.96. The molecule has 1 spiro atoms. The Kier molecular flexibility index (Phi) is 2.73. The Bertz CT molecular complexity index is 596. The summed E-state index contributed by atoms with van der Waals surface area (Å²) in [6.07, 6.45) is 1.21. The number of carbonyl (C=O) groups excluding carboxylic acids is 2. The lowest BCUT2D eigenvalue weighted by atomic mass is 9.97.